The molecule has 1 aromatic rings. The Kier molecular flexibility index (Phi) is 5.35. The number of hydrogen-bond acceptors (Lipinski definition) is 4. The first-order valence-corrected chi connectivity index (χ1v) is 6.40. The predicted molar refractivity (Wildman–Crippen MR) is 76.8 cm³/mol. The monoisotopic (exact) mass is 290 g/mol. The highest BCUT2D eigenvalue weighted by molar-refractivity contribution is 6.04. The van der Waals surface area contributed by atoms with E-state index in [4.69, 9.17) is 0 Å². The maximum Gasteiger partial charge on any atom is 0.254 e. The molecule has 3 amide bonds. The summed E-state index contributed by atoms with van der Waals surface area (Å²) in [6.07, 6.45) is 0.593. The van der Waals surface area contributed by atoms with Crippen molar-refractivity contribution in [2.45, 2.75) is 19.9 Å². The highest BCUT2D eigenvalue weighted by Crippen LogP contribution is 2.12. The van der Waals surface area contributed by atoms with Crippen LogP contribution < -0.4 is 0 Å². The third-order valence-corrected chi connectivity index (χ3v) is 3.38. The van der Waals surface area contributed by atoms with E-state index in [2.05, 4.69) is 0 Å². The van der Waals surface area contributed by atoms with Crippen LogP contribution in [0.15, 0.2) is 24.3 Å². The molecule has 0 N–H and O–H groups in total. The van der Waals surface area contributed by atoms with Crippen LogP contribution >= 0.6 is 0 Å². The SMILES string of the molecule is CC(=O)N(C)C(=O)C(C)N(C)C(=O)c1ccccc1C=O. The highest BCUT2D eigenvalue weighted by atomic mass is 16.2. The summed E-state index contributed by atoms with van der Waals surface area (Å²) in [5.41, 5.74) is 0.481. The molecule has 0 aliphatic rings. The summed E-state index contributed by atoms with van der Waals surface area (Å²) >= 11 is 0. The molecule has 1 aromatic carbocycles. The summed E-state index contributed by atoms with van der Waals surface area (Å²) in [6, 6.07) is 5.53. The smallest absolute Gasteiger partial charge is 0.254 e. The Morgan fingerprint density at radius 1 is 1.14 bits per heavy atom. The summed E-state index contributed by atoms with van der Waals surface area (Å²) in [7, 11) is 2.82. The number of likely N-dealkylation sites (N-methyl/N-ethyl adjacent to an activating group) is 2. The van der Waals surface area contributed by atoms with E-state index in [9.17, 15) is 19.2 Å². The number of aldehydes is 1. The number of benzene rings is 1. The quantitative estimate of drug-likeness (QED) is 0.774. The molecule has 0 aliphatic carbocycles. The molecule has 0 fully saturated rings. The standard InChI is InChI=1S/C15H18N2O4/c1-10(14(20)17(4)11(2)19)16(3)15(21)13-8-6-5-7-12(13)9-18/h5-10H,1-4H3. The fourth-order valence-electron chi connectivity index (χ4n) is 1.76. The summed E-state index contributed by atoms with van der Waals surface area (Å²) in [6.45, 7) is 2.80. The van der Waals surface area contributed by atoms with Gasteiger partial charge >= 0.3 is 0 Å². The molecule has 0 aromatic heterocycles. The van der Waals surface area contributed by atoms with Crippen molar-refractivity contribution in [1.82, 2.24) is 9.80 Å². The van der Waals surface area contributed by atoms with Crippen LogP contribution in [0.5, 0.6) is 0 Å². The van der Waals surface area contributed by atoms with Gasteiger partial charge in [0.15, 0.2) is 6.29 Å². The van der Waals surface area contributed by atoms with Crippen LogP contribution in [0.25, 0.3) is 0 Å². The molecule has 0 spiro atoms. The van der Waals surface area contributed by atoms with E-state index in [0.29, 0.717) is 6.29 Å². The molecular weight excluding hydrogens is 272 g/mol. The first kappa shape index (κ1) is 16.6. The number of hydrogen-bond donors (Lipinski definition) is 0. The minimum absolute atomic E-state index is 0.222. The lowest BCUT2D eigenvalue weighted by molar-refractivity contribution is -0.144. The fourth-order valence-corrected chi connectivity index (χ4v) is 1.76. The third-order valence-electron chi connectivity index (χ3n) is 3.38. The van der Waals surface area contributed by atoms with Gasteiger partial charge in [-0.1, -0.05) is 18.2 Å². The van der Waals surface area contributed by atoms with Gasteiger partial charge in [-0.2, -0.15) is 0 Å². The van der Waals surface area contributed by atoms with Gasteiger partial charge in [-0.05, 0) is 13.0 Å². The van der Waals surface area contributed by atoms with Crippen molar-refractivity contribution < 1.29 is 19.2 Å². The van der Waals surface area contributed by atoms with Crippen LogP contribution in [0, 0.1) is 0 Å². The van der Waals surface area contributed by atoms with Gasteiger partial charge in [-0.3, -0.25) is 24.1 Å². The van der Waals surface area contributed by atoms with E-state index in [1.54, 1.807) is 12.1 Å². The Hall–Kier alpha value is -2.50. The van der Waals surface area contributed by atoms with Crippen LogP contribution in [0.4, 0.5) is 0 Å². The molecule has 6 heteroatoms. The zero-order chi connectivity index (χ0) is 16.2. The molecule has 1 rings (SSSR count). The van der Waals surface area contributed by atoms with Crippen molar-refractivity contribution in [3.05, 3.63) is 35.4 Å². The Bertz CT molecular complexity index is 583. The van der Waals surface area contributed by atoms with E-state index in [1.165, 1.54) is 45.0 Å². The second kappa shape index (κ2) is 6.78. The highest BCUT2D eigenvalue weighted by Gasteiger charge is 2.28. The van der Waals surface area contributed by atoms with Crippen LogP contribution in [-0.4, -0.2) is 53.9 Å². The molecule has 0 saturated carbocycles. The van der Waals surface area contributed by atoms with Gasteiger partial charge in [0, 0.05) is 26.6 Å². The zero-order valence-corrected chi connectivity index (χ0v) is 12.5. The Morgan fingerprint density at radius 3 is 2.24 bits per heavy atom. The Labute approximate surface area is 123 Å². The van der Waals surface area contributed by atoms with Crippen molar-refractivity contribution in [2.75, 3.05) is 14.1 Å². The topological polar surface area (TPSA) is 74.8 Å². The van der Waals surface area contributed by atoms with E-state index >= 15 is 0 Å². The molecule has 21 heavy (non-hydrogen) atoms. The van der Waals surface area contributed by atoms with Crippen LogP contribution in [0.2, 0.25) is 0 Å². The minimum atomic E-state index is -0.814. The normalized spacial score (nSPS) is 11.4. The fraction of sp³-hybridized carbons (Fsp3) is 0.333. The molecule has 1 unspecified atom stereocenters. The first-order valence-electron chi connectivity index (χ1n) is 6.40. The van der Waals surface area contributed by atoms with Crippen LogP contribution in [0.3, 0.4) is 0 Å². The van der Waals surface area contributed by atoms with Crippen molar-refractivity contribution in [1.29, 1.82) is 0 Å². The van der Waals surface area contributed by atoms with E-state index in [-0.39, 0.29) is 11.1 Å². The molecular formula is C15H18N2O4. The molecule has 0 radical (unpaired) electrons. The maximum absolute atomic E-state index is 12.4. The van der Waals surface area contributed by atoms with Crippen molar-refractivity contribution in [3.63, 3.8) is 0 Å². The molecule has 6 nitrogen and oxygen atoms in total. The molecule has 0 aliphatic heterocycles. The molecule has 0 saturated heterocycles. The second-order valence-corrected chi connectivity index (χ2v) is 4.71. The van der Waals surface area contributed by atoms with Gasteiger partial charge in [0.2, 0.25) is 5.91 Å². The summed E-state index contributed by atoms with van der Waals surface area (Å²) in [5, 5.41) is 0. The van der Waals surface area contributed by atoms with Crippen molar-refractivity contribution in [2.24, 2.45) is 0 Å². The molecule has 0 bridgehead atoms. The lowest BCUT2D eigenvalue weighted by atomic mass is 10.1. The minimum Gasteiger partial charge on any atom is -0.330 e. The number of nitrogens with zero attached hydrogens (tertiary/aromatic N) is 2. The average molecular weight is 290 g/mol. The molecule has 1 atom stereocenters. The lowest BCUT2D eigenvalue weighted by Gasteiger charge is -2.27. The van der Waals surface area contributed by atoms with Gasteiger partial charge < -0.3 is 4.90 Å². The average Bonchev–Trinajstić information content (AvgIpc) is 2.50. The predicted octanol–water partition coefficient (Wildman–Crippen LogP) is 0.964. The number of rotatable bonds is 4. The van der Waals surface area contributed by atoms with E-state index < -0.39 is 23.8 Å². The number of carbonyl (C=O) groups excluding carboxylic acids is 4. The van der Waals surface area contributed by atoms with Crippen molar-refractivity contribution >= 4 is 24.0 Å². The first-order chi connectivity index (χ1) is 9.81. The van der Waals surface area contributed by atoms with Crippen LogP contribution in [0.1, 0.15) is 34.6 Å². The summed E-state index contributed by atoms with van der Waals surface area (Å²) in [4.78, 5) is 48.8. The van der Waals surface area contributed by atoms with Gasteiger partial charge in [-0.25, -0.2) is 0 Å². The van der Waals surface area contributed by atoms with Gasteiger partial charge in [-0.15, -0.1) is 0 Å². The second-order valence-electron chi connectivity index (χ2n) is 4.71. The maximum atomic E-state index is 12.4. The number of imide groups is 1. The zero-order valence-electron chi connectivity index (χ0n) is 12.5. The lowest BCUT2D eigenvalue weighted by Crippen LogP contribution is -2.48. The third kappa shape index (κ3) is 3.53. The molecule has 112 valence electrons. The largest absolute Gasteiger partial charge is 0.330 e. The van der Waals surface area contributed by atoms with E-state index in [0.717, 1.165) is 4.90 Å². The van der Waals surface area contributed by atoms with Gasteiger partial charge in [0.1, 0.15) is 6.04 Å². The van der Waals surface area contributed by atoms with Gasteiger partial charge in [0.05, 0.1) is 5.56 Å². The summed E-state index contributed by atoms with van der Waals surface area (Å²) in [5.74, 6) is -1.33. The van der Waals surface area contributed by atoms with E-state index in [1.807, 2.05) is 0 Å². The van der Waals surface area contributed by atoms with Gasteiger partial charge in [0.25, 0.3) is 11.8 Å². The summed E-state index contributed by atoms with van der Waals surface area (Å²) < 4.78 is 0. The Morgan fingerprint density at radius 2 is 1.71 bits per heavy atom. The number of amides is 3. The number of carbonyl (C=O) groups is 4. The van der Waals surface area contributed by atoms with Crippen LogP contribution in [-0.2, 0) is 9.59 Å². The Balaban J connectivity index is 2.99. The molecule has 0 heterocycles. The van der Waals surface area contributed by atoms with Crippen molar-refractivity contribution in [3.8, 4) is 0 Å².